The van der Waals surface area contributed by atoms with Crippen molar-refractivity contribution >= 4 is 0 Å². The normalized spacial score (nSPS) is 23.4. The van der Waals surface area contributed by atoms with Crippen molar-refractivity contribution in [3.05, 3.63) is 48.0 Å². The second kappa shape index (κ2) is 6.33. The Labute approximate surface area is 130 Å². The van der Waals surface area contributed by atoms with Crippen LogP contribution >= 0.6 is 0 Å². The first-order chi connectivity index (χ1) is 9.80. The van der Waals surface area contributed by atoms with Gasteiger partial charge in [-0.1, -0.05) is 49.8 Å². The number of nitrogens with zero attached hydrogens (tertiary/aromatic N) is 2. The van der Waals surface area contributed by atoms with Crippen LogP contribution in [0, 0.1) is 5.41 Å². The first-order valence-electron chi connectivity index (χ1n) is 7.93. The zero-order valence-electron chi connectivity index (χ0n) is 14.3. The summed E-state index contributed by atoms with van der Waals surface area (Å²) in [5.41, 5.74) is 3.08. The standard InChI is InChI=1S/C19H30N2/c1-15(2)12-17(16-10-8-7-9-11-16)18-13-19(3,4)14-21(18)20(5)6/h7-11,17-18H,1,12-14H2,2-6H3. The molecular formula is C19H30N2. The van der Waals surface area contributed by atoms with Crippen LogP contribution in [-0.2, 0) is 0 Å². The van der Waals surface area contributed by atoms with Crippen molar-refractivity contribution in [3.8, 4) is 0 Å². The van der Waals surface area contributed by atoms with Gasteiger partial charge in [0.2, 0.25) is 0 Å². The van der Waals surface area contributed by atoms with Crippen LogP contribution in [0.4, 0.5) is 0 Å². The van der Waals surface area contributed by atoms with Crippen LogP contribution in [-0.4, -0.2) is 36.7 Å². The maximum atomic E-state index is 4.17. The van der Waals surface area contributed by atoms with Crippen molar-refractivity contribution in [2.24, 2.45) is 5.41 Å². The summed E-state index contributed by atoms with van der Waals surface area (Å²) < 4.78 is 0. The molecule has 2 atom stereocenters. The van der Waals surface area contributed by atoms with Gasteiger partial charge in [0, 0.05) is 32.6 Å². The Balaban J connectivity index is 2.33. The number of hydrogen-bond donors (Lipinski definition) is 0. The van der Waals surface area contributed by atoms with Crippen molar-refractivity contribution in [1.29, 1.82) is 0 Å². The molecule has 1 aliphatic rings. The minimum Gasteiger partial charge on any atom is -0.248 e. The van der Waals surface area contributed by atoms with E-state index in [4.69, 9.17) is 0 Å². The minimum absolute atomic E-state index is 0.372. The molecule has 1 aromatic rings. The summed E-state index contributed by atoms with van der Waals surface area (Å²) >= 11 is 0. The van der Waals surface area contributed by atoms with Crippen molar-refractivity contribution in [2.75, 3.05) is 20.6 Å². The fourth-order valence-electron chi connectivity index (χ4n) is 3.63. The van der Waals surface area contributed by atoms with E-state index in [0.717, 1.165) is 13.0 Å². The Hall–Kier alpha value is -1.12. The Morgan fingerprint density at radius 1 is 1.33 bits per heavy atom. The lowest BCUT2D eigenvalue weighted by atomic mass is 9.81. The third-order valence-corrected chi connectivity index (χ3v) is 4.51. The fraction of sp³-hybridized carbons (Fsp3) is 0.579. The van der Waals surface area contributed by atoms with Gasteiger partial charge in [-0.3, -0.25) is 0 Å². The highest BCUT2D eigenvalue weighted by atomic mass is 15.6. The highest BCUT2D eigenvalue weighted by Gasteiger charge is 2.42. The van der Waals surface area contributed by atoms with E-state index in [1.807, 2.05) is 0 Å². The number of benzene rings is 1. The molecule has 116 valence electrons. The molecule has 0 radical (unpaired) electrons. The van der Waals surface area contributed by atoms with Gasteiger partial charge in [0.25, 0.3) is 0 Å². The van der Waals surface area contributed by atoms with Gasteiger partial charge in [-0.05, 0) is 30.7 Å². The Morgan fingerprint density at radius 3 is 2.48 bits per heavy atom. The largest absolute Gasteiger partial charge is 0.248 e. The van der Waals surface area contributed by atoms with E-state index in [0.29, 0.717) is 17.4 Å². The number of allylic oxidation sites excluding steroid dienone is 1. The highest BCUT2D eigenvalue weighted by molar-refractivity contribution is 5.24. The summed E-state index contributed by atoms with van der Waals surface area (Å²) in [7, 11) is 4.33. The first kappa shape index (κ1) is 16.3. The van der Waals surface area contributed by atoms with Crippen LogP contribution in [0.15, 0.2) is 42.5 Å². The van der Waals surface area contributed by atoms with Crippen LogP contribution in [0.1, 0.15) is 45.1 Å². The van der Waals surface area contributed by atoms with E-state index in [1.54, 1.807) is 0 Å². The molecule has 2 heteroatoms. The second-order valence-corrected chi connectivity index (χ2v) is 7.56. The molecule has 2 nitrogen and oxygen atoms in total. The van der Waals surface area contributed by atoms with Gasteiger partial charge in [0.1, 0.15) is 0 Å². The fourth-order valence-corrected chi connectivity index (χ4v) is 3.63. The van der Waals surface area contributed by atoms with Crippen LogP contribution in [0.2, 0.25) is 0 Å². The molecule has 0 bridgehead atoms. The molecule has 1 aliphatic heterocycles. The smallest absolute Gasteiger partial charge is 0.0323 e. The van der Waals surface area contributed by atoms with Gasteiger partial charge in [-0.15, -0.1) is 6.58 Å². The zero-order chi connectivity index (χ0) is 15.6. The lowest BCUT2D eigenvalue weighted by Gasteiger charge is -2.36. The second-order valence-electron chi connectivity index (χ2n) is 7.56. The quantitative estimate of drug-likeness (QED) is 0.744. The molecule has 0 amide bonds. The lowest BCUT2D eigenvalue weighted by molar-refractivity contribution is -0.00303. The molecule has 0 N–H and O–H groups in total. The topological polar surface area (TPSA) is 6.48 Å². The van der Waals surface area contributed by atoms with Crippen LogP contribution in [0.5, 0.6) is 0 Å². The summed E-state index contributed by atoms with van der Waals surface area (Å²) in [6.45, 7) is 12.2. The van der Waals surface area contributed by atoms with Crippen molar-refractivity contribution in [2.45, 2.75) is 45.6 Å². The number of hydrazine groups is 1. The average molecular weight is 286 g/mol. The third-order valence-electron chi connectivity index (χ3n) is 4.51. The number of rotatable bonds is 5. The maximum Gasteiger partial charge on any atom is 0.0323 e. The molecule has 0 saturated carbocycles. The number of hydrogen-bond acceptors (Lipinski definition) is 2. The summed E-state index contributed by atoms with van der Waals surface area (Å²) in [6.07, 6.45) is 2.30. The van der Waals surface area contributed by atoms with Crippen LogP contribution < -0.4 is 0 Å². The molecule has 21 heavy (non-hydrogen) atoms. The average Bonchev–Trinajstić information content (AvgIpc) is 2.73. The van der Waals surface area contributed by atoms with Crippen LogP contribution in [0.25, 0.3) is 0 Å². The van der Waals surface area contributed by atoms with Gasteiger partial charge >= 0.3 is 0 Å². The molecule has 1 saturated heterocycles. The lowest BCUT2D eigenvalue weighted by Crippen LogP contribution is -2.44. The van der Waals surface area contributed by atoms with Gasteiger partial charge in [-0.2, -0.15) is 0 Å². The van der Waals surface area contributed by atoms with Gasteiger partial charge in [0.05, 0.1) is 0 Å². The first-order valence-corrected chi connectivity index (χ1v) is 7.93. The minimum atomic E-state index is 0.372. The van der Waals surface area contributed by atoms with Crippen molar-refractivity contribution in [3.63, 3.8) is 0 Å². The monoisotopic (exact) mass is 286 g/mol. The molecule has 1 aromatic carbocycles. The molecule has 2 unspecified atom stereocenters. The van der Waals surface area contributed by atoms with Gasteiger partial charge in [-0.25, -0.2) is 10.0 Å². The van der Waals surface area contributed by atoms with Gasteiger partial charge in [0.15, 0.2) is 0 Å². The summed E-state index contributed by atoms with van der Waals surface area (Å²) in [5.74, 6) is 0.521. The zero-order valence-corrected chi connectivity index (χ0v) is 14.3. The molecule has 0 aliphatic carbocycles. The van der Waals surface area contributed by atoms with Crippen molar-refractivity contribution in [1.82, 2.24) is 10.0 Å². The van der Waals surface area contributed by atoms with Gasteiger partial charge < -0.3 is 0 Å². The summed E-state index contributed by atoms with van der Waals surface area (Å²) in [5, 5.41) is 4.81. The third kappa shape index (κ3) is 3.96. The molecule has 0 aromatic heterocycles. The molecule has 1 fully saturated rings. The molecule has 0 spiro atoms. The van der Waals surface area contributed by atoms with E-state index >= 15 is 0 Å². The molecule has 2 rings (SSSR count). The summed E-state index contributed by atoms with van der Waals surface area (Å²) in [4.78, 5) is 0. The highest BCUT2D eigenvalue weighted by Crippen LogP contribution is 2.42. The van der Waals surface area contributed by atoms with Crippen molar-refractivity contribution < 1.29 is 0 Å². The molecule has 1 heterocycles. The Morgan fingerprint density at radius 2 is 1.95 bits per heavy atom. The van der Waals surface area contributed by atoms with E-state index < -0.39 is 0 Å². The maximum absolute atomic E-state index is 4.17. The van der Waals surface area contributed by atoms with E-state index in [-0.39, 0.29) is 0 Å². The summed E-state index contributed by atoms with van der Waals surface area (Å²) in [6, 6.07) is 11.5. The SMILES string of the molecule is C=C(C)CC(c1ccccc1)C1CC(C)(C)CN1N(C)C. The van der Waals surface area contributed by atoms with E-state index in [1.165, 1.54) is 17.6 Å². The Kier molecular flexibility index (Phi) is 4.90. The molecular weight excluding hydrogens is 256 g/mol. The predicted octanol–water partition coefficient (Wildman–Crippen LogP) is 4.31. The predicted molar refractivity (Wildman–Crippen MR) is 91.2 cm³/mol. The van der Waals surface area contributed by atoms with E-state index in [2.05, 4.69) is 81.8 Å². The van der Waals surface area contributed by atoms with Crippen LogP contribution in [0.3, 0.4) is 0 Å². The Bertz CT molecular complexity index is 476. The van der Waals surface area contributed by atoms with E-state index in [9.17, 15) is 0 Å².